The Bertz CT molecular complexity index is 485. The van der Waals surface area contributed by atoms with Gasteiger partial charge in [-0.25, -0.2) is 5.14 Å². The highest BCUT2D eigenvalue weighted by atomic mass is 32.2. The normalized spacial score (nSPS) is 10.9. The predicted molar refractivity (Wildman–Crippen MR) is 61.2 cm³/mol. The van der Waals surface area contributed by atoms with Crippen molar-refractivity contribution in [1.82, 2.24) is 5.32 Å². The van der Waals surface area contributed by atoms with Crippen molar-refractivity contribution in [3.8, 4) is 0 Å². The molecule has 0 aliphatic carbocycles. The fourth-order valence-corrected chi connectivity index (χ4v) is 1.61. The molecule has 0 aliphatic rings. The molecule has 1 amide bonds. The first-order valence-corrected chi connectivity index (χ1v) is 6.16. The first kappa shape index (κ1) is 12.5. The van der Waals surface area contributed by atoms with Crippen LogP contribution in [0.3, 0.4) is 0 Å². The second-order valence-electron chi connectivity index (χ2n) is 3.09. The van der Waals surface area contributed by atoms with Crippen molar-refractivity contribution in [2.45, 2.75) is 6.92 Å². The lowest BCUT2D eigenvalue weighted by atomic mass is 10.2. The third-order valence-corrected chi connectivity index (χ3v) is 2.24. The lowest BCUT2D eigenvalue weighted by molar-refractivity contribution is 0.0956. The molecular formula is C9H13N3O3S. The summed E-state index contributed by atoms with van der Waals surface area (Å²) in [6.07, 6.45) is 0. The van der Waals surface area contributed by atoms with E-state index in [1.807, 2.05) is 0 Å². The number of hydrogen-bond donors (Lipinski definition) is 3. The molecule has 0 radical (unpaired) electrons. The lowest BCUT2D eigenvalue weighted by Crippen LogP contribution is -2.24. The standard InChI is InChI=1S/C9H13N3O3S/c1-2-11-9(13)7-4-3-5-8(6-7)12-16(10,14)15/h3-6,12H,2H2,1H3,(H,11,13)(H2,10,14,15). The molecule has 0 heterocycles. The van der Waals surface area contributed by atoms with Crippen molar-refractivity contribution in [3.05, 3.63) is 29.8 Å². The Morgan fingerprint density at radius 2 is 2.12 bits per heavy atom. The maximum absolute atomic E-state index is 11.4. The largest absolute Gasteiger partial charge is 0.352 e. The summed E-state index contributed by atoms with van der Waals surface area (Å²) in [7, 11) is -3.81. The second-order valence-corrected chi connectivity index (χ2v) is 4.38. The Labute approximate surface area is 94.0 Å². The number of benzene rings is 1. The monoisotopic (exact) mass is 243 g/mol. The zero-order chi connectivity index (χ0) is 12.2. The number of hydrogen-bond acceptors (Lipinski definition) is 3. The number of anilines is 1. The summed E-state index contributed by atoms with van der Waals surface area (Å²) in [5, 5.41) is 7.42. The van der Waals surface area contributed by atoms with E-state index in [1.54, 1.807) is 19.1 Å². The highest BCUT2D eigenvalue weighted by Crippen LogP contribution is 2.11. The van der Waals surface area contributed by atoms with E-state index in [4.69, 9.17) is 5.14 Å². The summed E-state index contributed by atoms with van der Waals surface area (Å²) in [4.78, 5) is 11.4. The van der Waals surface area contributed by atoms with E-state index in [9.17, 15) is 13.2 Å². The van der Waals surface area contributed by atoms with Gasteiger partial charge in [0.1, 0.15) is 0 Å². The Kier molecular flexibility index (Phi) is 3.86. The molecule has 0 spiro atoms. The van der Waals surface area contributed by atoms with E-state index in [0.717, 1.165) is 0 Å². The van der Waals surface area contributed by atoms with Gasteiger partial charge in [-0.1, -0.05) is 6.07 Å². The van der Waals surface area contributed by atoms with Crippen LogP contribution >= 0.6 is 0 Å². The molecule has 0 saturated heterocycles. The summed E-state index contributed by atoms with van der Waals surface area (Å²) >= 11 is 0. The van der Waals surface area contributed by atoms with E-state index in [-0.39, 0.29) is 11.6 Å². The number of rotatable bonds is 4. The Balaban J connectivity index is 2.91. The molecule has 0 fully saturated rings. The van der Waals surface area contributed by atoms with Gasteiger partial charge in [0.15, 0.2) is 0 Å². The highest BCUT2D eigenvalue weighted by molar-refractivity contribution is 7.90. The molecule has 6 nitrogen and oxygen atoms in total. The summed E-state index contributed by atoms with van der Waals surface area (Å²) in [6, 6.07) is 6.07. The van der Waals surface area contributed by atoms with Gasteiger partial charge in [-0.3, -0.25) is 9.52 Å². The van der Waals surface area contributed by atoms with Crippen LogP contribution in [0.2, 0.25) is 0 Å². The van der Waals surface area contributed by atoms with Crippen LogP contribution in [0, 0.1) is 0 Å². The molecule has 16 heavy (non-hydrogen) atoms. The number of nitrogens with two attached hydrogens (primary N) is 1. The van der Waals surface area contributed by atoms with Gasteiger partial charge in [0, 0.05) is 12.1 Å². The lowest BCUT2D eigenvalue weighted by Gasteiger charge is -2.06. The van der Waals surface area contributed by atoms with E-state index < -0.39 is 10.2 Å². The van der Waals surface area contributed by atoms with Crippen LogP contribution in [-0.2, 0) is 10.2 Å². The molecule has 0 saturated carbocycles. The van der Waals surface area contributed by atoms with Gasteiger partial charge in [0.05, 0.1) is 5.69 Å². The topological polar surface area (TPSA) is 101 Å². The van der Waals surface area contributed by atoms with Crippen molar-refractivity contribution in [2.75, 3.05) is 11.3 Å². The van der Waals surface area contributed by atoms with Crippen LogP contribution in [0.15, 0.2) is 24.3 Å². The number of carbonyl (C=O) groups excluding carboxylic acids is 1. The van der Waals surface area contributed by atoms with Crippen molar-refractivity contribution >= 4 is 21.8 Å². The van der Waals surface area contributed by atoms with Crippen molar-refractivity contribution in [2.24, 2.45) is 5.14 Å². The maximum Gasteiger partial charge on any atom is 0.296 e. The zero-order valence-corrected chi connectivity index (χ0v) is 9.54. The van der Waals surface area contributed by atoms with Crippen molar-refractivity contribution in [3.63, 3.8) is 0 Å². The third kappa shape index (κ3) is 3.87. The first-order valence-electron chi connectivity index (χ1n) is 4.61. The highest BCUT2D eigenvalue weighted by Gasteiger charge is 2.07. The predicted octanol–water partition coefficient (Wildman–Crippen LogP) is 0.0517. The van der Waals surface area contributed by atoms with E-state index >= 15 is 0 Å². The molecule has 0 unspecified atom stereocenters. The minimum absolute atomic E-state index is 0.256. The molecule has 88 valence electrons. The van der Waals surface area contributed by atoms with Crippen LogP contribution in [0.4, 0.5) is 5.69 Å². The van der Waals surface area contributed by atoms with Crippen LogP contribution in [0.25, 0.3) is 0 Å². The number of nitrogens with one attached hydrogen (secondary N) is 2. The summed E-state index contributed by atoms with van der Waals surface area (Å²) < 4.78 is 23.6. The number of amides is 1. The molecule has 1 rings (SSSR count). The van der Waals surface area contributed by atoms with Crippen LogP contribution in [0.5, 0.6) is 0 Å². The van der Waals surface area contributed by atoms with Gasteiger partial charge in [0.25, 0.3) is 16.1 Å². The molecule has 0 bridgehead atoms. The van der Waals surface area contributed by atoms with E-state index in [1.165, 1.54) is 12.1 Å². The fourth-order valence-electron chi connectivity index (χ4n) is 1.15. The third-order valence-electron chi connectivity index (χ3n) is 1.72. The van der Waals surface area contributed by atoms with Crippen molar-refractivity contribution < 1.29 is 13.2 Å². The zero-order valence-electron chi connectivity index (χ0n) is 8.73. The Morgan fingerprint density at radius 1 is 1.44 bits per heavy atom. The average molecular weight is 243 g/mol. The smallest absolute Gasteiger partial charge is 0.296 e. The van der Waals surface area contributed by atoms with Gasteiger partial charge in [-0.15, -0.1) is 0 Å². The molecule has 1 aromatic rings. The quantitative estimate of drug-likeness (QED) is 0.696. The molecule has 0 atom stereocenters. The molecule has 0 aromatic heterocycles. The summed E-state index contributed by atoms with van der Waals surface area (Å²) in [5.41, 5.74) is 0.627. The van der Waals surface area contributed by atoms with Crippen LogP contribution in [0.1, 0.15) is 17.3 Å². The summed E-state index contributed by atoms with van der Waals surface area (Å²) in [5.74, 6) is -0.263. The summed E-state index contributed by atoms with van der Waals surface area (Å²) in [6.45, 7) is 2.30. The van der Waals surface area contributed by atoms with Crippen LogP contribution < -0.4 is 15.2 Å². The Morgan fingerprint density at radius 3 is 2.69 bits per heavy atom. The van der Waals surface area contributed by atoms with Gasteiger partial charge >= 0.3 is 0 Å². The fraction of sp³-hybridized carbons (Fsp3) is 0.222. The minimum Gasteiger partial charge on any atom is -0.352 e. The first-order chi connectivity index (χ1) is 7.42. The second kappa shape index (κ2) is 4.95. The molecule has 7 heteroatoms. The van der Waals surface area contributed by atoms with Gasteiger partial charge in [-0.05, 0) is 25.1 Å². The van der Waals surface area contributed by atoms with E-state index in [2.05, 4.69) is 10.0 Å². The van der Waals surface area contributed by atoms with Crippen LogP contribution in [-0.4, -0.2) is 20.9 Å². The van der Waals surface area contributed by atoms with Gasteiger partial charge in [0.2, 0.25) is 0 Å². The molecular weight excluding hydrogens is 230 g/mol. The van der Waals surface area contributed by atoms with Gasteiger partial charge in [-0.2, -0.15) is 8.42 Å². The minimum atomic E-state index is -3.81. The average Bonchev–Trinajstić information content (AvgIpc) is 2.16. The SMILES string of the molecule is CCNC(=O)c1cccc(NS(N)(=O)=O)c1. The van der Waals surface area contributed by atoms with Gasteiger partial charge < -0.3 is 5.32 Å². The molecule has 1 aromatic carbocycles. The van der Waals surface area contributed by atoms with E-state index in [0.29, 0.717) is 12.1 Å². The molecule has 0 aliphatic heterocycles. The van der Waals surface area contributed by atoms with Crippen molar-refractivity contribution in [1.29, 1.82) is 0 Å². The Hall–Kier alpha value is -1.60. The maximum atomic E-state index is 11.4. The molecule has 4 N–H and O–H groups in total. The number of carbonyl (C=O) groups is 1.